The van der Waals surface area contributed by atoms with Crippen LogP contribution >= 0.6 is 0 Å². The van der Waals surface area contributed by atoms with Crippen LogP contribution in [0.25, 0.3) is 10.4 Å². The summed E-state index contributed by atoms with van der Waals surface area (Å²) < 4.78 is 32.8. The molecule has 1 saturated heterocycles. The predicted octanol–water partition coefficient (Wildman–Crippen LogP) is 6.63. The molecule has 2 fully saturated rings. The smallest absolute Gasteiger partial charge is 0.349 e. The Kier molecular flexibility index (Phi) is 12.4. The van der Waals surface area contributed by atoms with Crippen LogP contribution in [0.3, 0.4) is 0 Å². The average molecular weight is 544 g/mol. The minimum Gasteiger partial charge on any atom is -0.393 e. The molecule has 10 heteroatoms. The number of rotatable bonds is 16. The molecule has 0 spiro atoms. The van der Waals surface area contributed by atoms with Gasteiger partial charge in [-0.15, -0.1) is 0 Å². The van der Waals surface area contributed by atoms with E-state index in [1.807, 2.05) is 0 Å². The summed E-state index contributed by atoms with van der Waals surface area (Å²) in [5.41, 5.74) is 7.40. The molecule has 9 nitrogen and oxygen atoms in total. The molecule has 1 aliphatic carbocycles. The molecule has 1 N–H and O–H groups in total. The van der Waals surface area contributed by atoms with Crippen molar-refractivity contribution in [2.24, 2.45) is 11.0 Å². The van der Waals surface area contributed by atoms with E-state index in [2.05, 4.69) is 65.4 Å². The lowest BCUT2D eigenvalue weighted by Crippen LogP contribution is -2.83. The number of hydrogen-bond acceptors (Lipinski definition) is 7. The molecule has 0 bridgehead atoms. The molecule has 1 heterocycles. The van der Waals surface area contributed by atoms with Crippen LogP contribution in [-0.2, 0) is 23.1 Å². The Labute approximate surface area is 225 Å². The molecule has 1 aliphatic heterocycles. The topological polar surface area (TPSA) is 115 Å². The summed E-state index contributed by atoms with van der Waals surface area (Å²) in [6, 6.07) is 0. The van der Waals surface area contributed by atoms with Crippen molar-refractivity contribution in [1.29, 1.82) is 0 Å². The van der Waals surface area contributed by atoms with Crippen molar-refractivity contribution in [2.75, 3.05) is 33.0 Å². The standard InChI is InChI=1S/C27H53N3O6Si/c1-9-11-17-32-23-22-21(20-35-37(36-22,25(3,4)5)26(6,7)8)27(23,34-19-12-10-2)24(31)33-18-15-13-14-16-29-30-28/h21-24,31H,9-20H2,1-8H3/t21?,22-,23?,24+,27-/m0/s1. The zero-order chi connectivity index (χ0) is 27.7. The highest BCUT2D eigenvalue weighted by Gasteiger charge is 2.75. The molecule has 0 radical (unpaired) electrons. The molecule has 1 saturated carbocycles. The second kappa shape index (κ2) is 14.1. The molecule has 2 rings (SSSR count). The average Bonchev–Trinajstić information content (AvgIpc) is 2.82. The van der Waals surface area contributed by atoms with Gasteiger partial charge in [-0.05, 0) is 31.2 Å². The van der Waals surface area contributed by atoms with Crippen LogP contribution < -0.4 is 0 Å². The summed E-state index contributed by atoms with van der Waals surface area (Å²) in [7, 11) is -2.70. The SMILES string of the molecule is CCCCOC1[C@H]2O[Si](C(C)(C)C)(C(C)(C)C)OCC2[C@@]1(OCCCC)[C@H](O)OCCCCCN=[N+]=[N-]. The number of hydrogen-bond donors (Lipinski definition) is 1. The third-order valence-corrected chi connectivity index (χ3v) is 12.9. The highest BCUT2D eigenvalue weighted by Crippen LogP contribution is 2.60. The fourth-order valence-electron chi connectivity index (χ4n) is 5.92. The minimum absolute atomic E-state index is 0.143. The molecule has 5 atom stereocenters. The Morgan fingerprint density at radius 3 is 2.24 bits per heavy atom. The first-order valence-corrected chi connectivity index (χ1v) is 16.1. The maximum atomic E-state index is 11.5. The van der Waals surface area contributed by atoms with Crippen molar-refractivity contribution in [3.63, 3.8) is 0 Å². The van der Waals surface area contributed by atoms with Gasteiger partial charge in [0, 0.05) is 53.9 Å². The number of unbranched alkanes of at least 4 members (excludes halogenated alkanes) is 4. The Balaban J connectivity index is 2.28. The van der Waals surface area contributed by atoms with E-state index in [1.54, 1.807) is 0 Å². The Morgan fingerprint density at radius 1 is 1.00 bits per heavy atom. The maximum absolute atomic E-state index is 11.5. The van der Waals surface area contributed by atoms with Gasteiger partial charge in [-0.1, -0.05) is 79.8 Å². The summed E-state index contributed by atoms with van der Waals surface area (Å²) in [6.45, 7) is 19.9. The molecular weight excluding hydrogens is 490 g/mol. The lowest BCUT2D eigenvalue weighted by molar-refractivity contribution is -0.376. The van der Waals surface area contributed by atoms with Crippen LogP contribution in [0.4, 0.5) is 0 Å². The number of ether oxygens (including phenoxy) is 3. The van der Waals surface area contributed by atoms with Gasteiger partial charge in [0.1, 0.15) is 6.10 Å². The molecular formula is C27H53N3O6Si. The van der Waals surface area contributed by atoms with Crippen LogP contribution in [0.15, 0.2) is 5.11 Å². The largest absolute Gasteiger partial charge is 0.393 e. The summed E-state index contributed by atoms with van der Waals surface area (Å²) in [5.74, 6) is -0.179. The molecule has 2 aliphatic rings. The van der Waals surface area contributed by atoms with Crippen molar-refractivity contribution < 1.29 is 28.2 Å². The summed E-state index contributed by atoms with van der Waals surface area (Å²) in [6.07, 6.45) is 4.45. The van der Waals surface area contributed by atoms with E-state index in [-0.39, 0.29) is 22.1 Å². The molecule has 216 valence electrons. The molecule has 2 unspecified atom stereocenters. The third kappa shape index (κ3) is 7.08. The van der Waals surface area contributed by atoms with E-state index in [1.165, 1.54) is 0 Å². The van der Waals surface area contributed by atoms with Crippen LogP contribution in [0.2, 0.25) is 10.1 Å². The second-order valence-corrected chi connectivity index (χ2v) is 17.3. The normalized spacial score (nSPS) is 28.2. The van der Waals surface area contributed by atoms with Gasteiger partial charge in [-0.3, -0.25) is 0 Å². The van der Waals surface area contributed by atoms with E-state index in [0.717, 1.165) is 44.9 Å². The first-order chi connectivity index (χ1) is 17.4. The Morgan fingerprint density at radius 2 is 1.65 bits per heavy atom. The van der Waals surface area contributed by atoms with Crippen molar-refractivity contribution in [3.05, 3.63) is 10.4 Å². The molecule has 37 heavy (non-hydrogen) atoms. The van der Waals surface area contributed by atoms with E-state index < -0.39 is 26.6 Å². The quantitative estimate of drug-likeness (QED) is 0.0583. The van der Waals surface area contributed by atoms with E-state index in [0.29, 0.717) is 33.0 Å². The van der Waals surface area contributed by atoms with Gasteiger partial charge in [0.15, 0.2) is 11.9 Å². The van der Waals surface area contributed by atoms with Crippen molar-refractivity contribution >= 4 is 8.56 Å². The van der Waals surface area contributed by atoms with Gasteiger partial charge >= 0.3 is 8.56 Å². The van der Waals surface area contributed by atoms with E-state index in [4.69, 9.17) is 28.6 Å². The van der Waals surface area contributed by atoms with E-state index in [9.17, 15) is 5.11 Å². The number of fused-ring (bicyclic) bond motifs is 1. The Hall–Kier alpha value is -0.713. The zero-order valence-corrected chi connectivity index (χ0v) is 25.6. The fraction of sp³-hybridized carbons (Fsp3) is 1.00. The molecule has 0 amide bonds. The summed E-state index contributed by atoms with van der Waals surface area (Å²) in [5, 5.41) is 14.8. The minimum atomic E-state index is -2.70. The van der Waals surface area contributed by atoms with Crippen LogP contribution in [0.1, 0.15) is 100 Å². The third-order valence-electron chi connectivity index (χ3n) is 7.73. The van der Waals surface area contributed by atoms with E-state index >= 15 is 0 Å². The molecule has 0 aromatic carbocycles. The highest BCUT2D eigenvalue weighted by atomic mass is 28.4. The maximum Gasteiger partial charge on any atom is 0.349 e. The predicted molar refractivity (Wildman–Crippen MR) is 148 cm³/mol. The molecule has 0 aromatic heterocycles. The highest BCUT2D eigenvalue weighted by molar-refractivity contribution is 6.73. The summed E-state index contributed by atoms with van der Waals surface area (Å²) in [4.78, 5) is 2.79. The van der Waals surface area contributed by atoms with Gasteiger partial charge in [0.05, 0.1) is 6.10 Å². The number of nitrogens with zero attached hydrogens (tertiary/aromatic N) is 3. The first-order valence-electron chi connectivity index (χ1n) is 14.3. The van der Waals surface area contributed by atoms with Crippen molar-refractivity contribution in [3.8, 4) is 0 Å². The number of azide groups is 1. The second-order valence-electron chi connectivity index (χ2n) is 12.6. The van der Waals surface area contributed by atoms with Gasteiger partial charge in [-0.25, -0.2) is 0 Å². The van der Waals surface area contributed by atoms with Crippen LogP contribution in [0, 0.1) is 5.92 Å². The Bertz CT molecular complexity index is 723. The fourth-order valence-corrected chi connectivity index (χ4v) is 10.9. The molecule has 0 aromatic rings. The monoisotopic (exact) mass is 543 g/mol. The van der Waals surface area contributed by atoms with Crippen LogP contribution in [0.5, 0.6) is 0 Å². The zero-order valence-electron chi connectivity index (χ0n) is 24.6. The van der Waals surface area contributed by atoms with Gasteiger partial charge in [-0.2, -0.15) is 0 Å². The van der Waals surface area contributed by atoms with Gasteiger partial charge in [0.25, 0.3) is 0 Å². The van der Waals surface area contributed by atoms with Crippen molar-refractivity contribution in [2.45, 2.75) is 135 Å². The lowest BCUT2D eigenvalue weighted by Gasteiger charge is -2.67. The number of aliphatic hydroxyl groups excluding tert-OH is 1. The summed E-state index contributed by atoms with van der Waals surface area (Å²) >= 11 is 0. The van der Waals surface area contributed by atoms with Crippen molar-refractivity contribution in [1.82, 2.24) is 0 Å². The van der Waals surface area contributed by atoms with Gasteiger partial charge < -0.3 is 28.2 Å². The van der Waals surface area contributed by atoms with Crippen LogP contribution in [-0.4, -0.2) is 70.7 Å². The van der Waals surface area contributed by atoms with Gasteiger partial charge in [0.2, 0.25) is 0 Å². The number of aliphatic hydroxyl groups is 1. The lowest BCUT2D eigenvalue weighted by atomic mass is 9.63. The first kappa shape index (κ1) is 32.5.